The van der Waals surface area contributed by atoms with Gasteiger partial charge in [-0.1, -0.05) is 0 Å². The molecule has 0 aromatic heterocycles. The average molecular weight is 462 g/mol. The van der Waals surface area contributed by atoms with Crippen LogP contribution in [0.25, 0.3) is 0 Å². The zero-order valence-corrected chi connectivity index (χ0v) is 18.2. The Morgan fingerprint density at radius 3 is 2.36 bits per heavy atom. The molecule has 0 radical (unpaired) electrons. The number of methoxy groups -OCH3 is 2. The van der Waals surface area contributed by atoms with E-state index >= 15 is 0 Å². The maximum Gasteiger partial charge on any atom is 0.188 e. The minimum absolute atomic E-state index is 0. The number of guanidine groups is 1. The largest absolute Gasteiger partial charge is 0.497 e. The van der Waals surface area contributed by atoms with Crippen LogP contribution >= 0.6 is 24.0 Å². The molecule has 1 heterocycles. The first-order chi connectivity index (χ1) is 11.3. The van der Waals surface area contributed by atoms with Gasteiger partial charge in [0.2, 0.25) is 0 Å². The van der Waals surface area contributed by atoms with Crippen molar-refractivity contribution in [1.29, 1.82) is 0 Å². The lowest BCUT2D eigenvalue weighted by Crippen LogP contribution is -2.45. The van der Waals surface area contributed by atoms with E-state index in [-0.39, 0.29) is 29.5 Å². The summed E-state index contributed by atoms with van der Waals surface area (Å²) >= 11 is 0. The fourth-order valence-corrected chi connectivity index (χ4v) is 2.84. The molecule has 0 amide bonds. The van der Waals surface area contributed by atoms with Crippen LogP contribution in [-0.4, -0.2) is 45.4 Å². The predicted molar refractivity (Wildman–Crippen MR) is 115 cm³/mol. The van der Waals surface area contributed by atoms with Gasteiger partial charge in [0.05, 0.1) is 14.2 Å². The van der Waals surface area contributed by atoms with Crippen LogP contribution in [0.5, 0.6) is 11.5 Å². The maximum atomic E-state index is 5.95. The van der Waals surface area contributed by atoms with Crippen LogP contribution in [0.1, 0.15) is 27.2 Å². The zero-order chi connectivity index (χ0) is 17.7. The predicted octanol–water partition coefficient (Wildman–Crippen LogP) is 2.85. The summed E-state index contributed by atoms with van der Waals surface area (Å²) in [5.74, 6) is 2.64. The fourth-order valence-electron chi connectivity index (χ4n) is 2.84. The monoisotopic (exact) mass is 462 g/mol. The van der Waals surface area contributed by atoms with Crippen LogP contribution in [0, 0.1) is 5.92 Å². The van der Waals surface area contributed by atoms with Crippen LogP contribution in [0.15, 0.2) is 23.2 Å². The van der Waals surface area contributed by atoms with E-state index in [0.29, 0.717) is 11.9 Å². The summed E-state index contributed by atoms with van der Waals surface area (Å²) in [5, 5.41) is 3.20. The van der Waals surface area contributed by atoms with Crippen molar-refractivity contribution in [3.05, 3.63) is 18.2 Å². The first-order valence-corrected chi connectivity index (χ1v) is 8.37. The number of hydrogen-bond donors (Lipinski definition) is 2. The number of rotatable bonds is 5. The minimum atomic E-state index is -0.0631. The summed E-state index contributed by atoms with van der Waals surface area (Å²) in [6.45, 7) is 8.92. The zero-order valence-electron chi connectivity index (χ0n) is 15.8. The molecule has 2 rings (SSSR count). The molecule has 1 aromatic carbocycles. The van der Waals surface area contributed by atoms with Crippen molar-refractivity contribution in [1.82, 2.24) is 5.32 Å². The van der Waals surface area contributed by atoms with E-state index in [4.69, 9.17) is 15.2 Å². The van der Waals surface area contributed by atoms with Gasteiger partial charge in [0.15, 0.2) is 5.96 Å². The number of ether oxygens (including phenoxy) is 2. The van der Waals surface area contributed by atoms with E-state index < -0.39 is 0 Å². The third-order valence-electron chi connectivity index (χ3n) is 4.01. The van der Waals surface area contributed by atoms with Crippen molar-refractivity contribution in [2.24, 2.45) is 16.6 Å². The molecule has 0 saturated carbocycles. The lowest BCUT2D eigenvalue weighted by Gasteiger charge is -2.22. The SMILES string of the molecule is COc1cc(OC)cc(N2CCC(CN=C(N)NC(C)(C)C)C2)c1.I. The summed E-state index contributed by atoms with van der Waals surface area (Å²) in [6, 6.07) is 5.98. The van der Waals surface area contributed by atoms with E-state index in [1.807, 2.05) is 18.2 Å². The second-order valence-corrected chi connectivity index (χ2v) is 7.27. The molecule has 7 heteroatoms. The molecule has 1 aliphatic heterocycles. The fraction of sp³-hybridized carbons (Fsp3) is 0.611. The van der Waals surface area contributed by atoms with Gasteiger partial charge in [0.1, 0.15) is 11.5 Å². The van der Waals surface area contributed by atoms with Crippen LogP contribution in [0.3, 0.4) is 0 Å². The molecule has 1 atom stereocenters. The van der Waals surface area contributed by atoms with E-state index in [1.54, 1.807) is 14.2 Å². The topological polar surface area (TPSA) is 72.1 Å². The molecule has 25 heavy (non-hydrogen) atoms. The van der Waals surface area contributed by atoms with E-state index in [1.165, 1.54) is 0 Å². The molecule has 1 aromatic rings. The van der Waals surface area contributed by atoms with Gasteiger partial charge in [-0.2, -0.15) is 0 Å². The highest BCUT2D eigenvalue weighted by Gasteiger charge is 2.23. The van der Waals surface area contributed by atoms with Gasteiger partial charge in [-0.25, -0.2) is 0 Å². The second kappa shape index (κ2) is 9.35. The third-order valence-corrected chi connectivity index (χ3v) is 4.01. The molecule has 3 N–H and O–H groups in total. The Labute approximate surface area is 168 Å². The molecule has 6 nitrogen and oxygen atoms in total. The number of hydrogen-bond acceptors (Lipinski definition) is 4. The number of nitrogens with zero attached hydrogens (tertiary/aromatic N) is 2. The third kappa shape index (κ3) is 6.80. The van der Waals surface area contributed by atoms with Crippen LogP contribution in [0.4, 0.5) is 5.69 Å². The van der Waals surface area contributed by atoms with Crippen molar-refractivity contribution in [2.75, 3.05) is 38.8 Å². The summed E-state index contributed by atoms with van der Waals surface area (Å²) in [5.41, 5.74) is 7.01. The Balaban J connectivity index is 0.00000312. The highest BCUT2D eigenvalue weighted by molar-refractivity contribution is 14.0. The molecule has 1 aliphatic rings. The average Bonchev–Trinajstić information content (AvgIpc) is 2.99. The summed E-state index contributed by atoms with van der Waals surface area (Å²) in [6.07, 6.45) is 1.10. The smallest absolute Gasteiger partial charge is 0.188 e. The Morgan fingerprint density at radius 1 is 1.24 bits per heavy atom. The molecular weight excluding hydrogens is 431 g/mol. The van der Waals surface area contributed by atoms with Gasteiger partial charge >= 0.3 is 0 Å². The molecule has 1 saturated heterocycles. The summed E-state index contributed by atoms with van der Waals surface area (Å²) in [4.78, 5) is 6.84. The summed E-state index contributed by atoms with van der Waals surface area (Å²) in [7, 11) is 3.34. The Bertz CT molecular complexity index is 565. The molecular formula is C18H31IN4O2. The number of anilines is 1. The molecule has 0 spiro atoms. The first-order valence-electron chi connectivity index (χ1n) is 8.37. The Kier molecular flexibility index (Phi) is 8.11. The van der Waals surface area contributed by atoms with Gasteiger partial charge in [0.25, 0.3) is 0 Å². The van der Waals surface area contributed by atoms with Crippen LogP contribution in [-0.2, 0) is 0 Å². The van der Waals surface area contributed by atoms with Crippen molar-refractivity contribution in [3.8, 4) is 11.5 Å². The van der Waals surface area contributed by atoms with Crippen LogP contribution in [0.2, 0.25) is 0 Å². The van der Waals surface area contributed by atoms with Gasteiger partial charge in [-0.05, 0) is 33.1 Å². The Hall–Kier alpha value is -1.38. The molecule has 142 valence electrons. The molecule has 1 fully saturated rings. The van der Waals surface area contributed by atoms with Crippen LogP contribution < -0.4 is 25.4 Å². The van der Waals surface area contributed by atoms with Gasteiger partial charge in [-0.15, -0.1) is 24.0 Å². The van der Waals surface area contributed by atoms with Gasteiger partial charge in [0, 0.05) is 49.1 Å². The highest BCUT2D eigenvalue weighted by atomic mass is 127. The van der Waals surface area contributed by atoms with Crippen molar-refractivity contribution >= 4 is 35.6 Å². The standard InChI is InChI=1S/C18H30N4O2.HI/c1-18(2,3)21-17(19)20-11-13-6-7-22(12-13)14-8-15(23-4)10-16(9-14)24-5;/h8-10,13H,6-7,11-12H2,1-5H3,(H3,19,20,21);1H. The van der Waals surface area contributed by atoms with Gasteiger partial charge < -0.3 is 25.4 Å². The first kappa shape index (κ1) is 21.7. The van der Waals surface area contributed by atoms with Crippen molar-refractivity contribution in [3.63, 3.8) is 0 Å². The maximum absolute atomic E-state index is 5.95. The normalized spacial score (nSPS) is 17.9. The second-order valence-electron chi connectivity index (χ2n) is 7.27. The number of aliphatic imine (C=N–C) groups is 1. The minimum Gasteiger partial charge on any atom is -0.497 e. The lowest BCUT2D eigenvalue weighted by molar-refractivity contribution is 0.394. The number of nitrogens with one attached hydrogen (secondary N) is 1. The molecule has 0 bridgehead atoms. The Morgan fingerprint density at radius 2 is 1.84 bits per heavy atom. The van der Waals surface area contributed by atoms with Crippen molar-refractivity contribution < 1.29 is 9.47 Å². The van der Waals surface area contributed by atoms with E-state index in [2.05, 4.69) is 36.0 Å². The lowest BCUT2D eigenvalue weighted by atomic mass is 10.1. The summed E-state index contributed by atoms with van der Waals surface area (Å²) < 4.78 is 10.7. The quantitative estimate of drug-likeness (QED) is 0.400. The molecule has 1 unspecified atom stereocenters. The number of nitrogens with two attached hydrogens (primary N) is 1. The van der Waals surface area contributed by atoms with Gasteiger partial charge in [-0.3, -0.25) is 4.99 Å². The van der Waals surface area contributed by atoms with Crippen molar-refractivity contribution in [2.45, 2.75) is 32.7 Å². The van der Waals surface area contributed by atoms with E-state index in [0.717, 1.165) is 43.2 Å². The molecule has 0 aliphatic carbocycles. The number of halogens is 1. The van der Waals surface area contributed by atoms with E-state index in [9.17, 15) is 0 Å². The number of benzene rings is 1. The highest BCUT2D eigenvalue weighted by Crippen LogP contribution is 2.31.